The van der Waals surface area contributed by atoms with Crippen molar-refractivity contribution in [3.05, 3.63) is 29.3 Å². The number of nitrogens with one attached hydrogen (secondary N) is 1. The first-order chi connectivity index (χ1) is 9.69. The Morgan fingerprint density at radius 1 is 1.33 bits per heavy atom. The van der Waals surface area contributed by atoms with Gasteiger partial charge >= 0.3 is 0 Å². The maximum Gasteiger partial charge on any atom is 0.257 e. The van der Waals surface area contributed by atoms with Crippen molar-refractivity contribution in [3.63, 3.8) is 0 Å². The Bertz CT molecular complexity index is 481. The third kappa shape index (κ3) is 6.63. The molecule has 1 aromatic rings. The highest BCUT2D eigenvalue weighted by molar-refractivity contribution is 5.77. The topological polar surface area (TPSA) is 58.6 Å². The summed E-state index contributed by atoms with van der Waals surface area (Å²) in [5.74, 6) is 0.559. The summed E-state index contributed by atoms with van der Waals surface area (Å²) in [7, 11) is 0. The number of hydrogen-bond donors (Lipinski definition) is 2. The predicted molar refractivity (Wildman–Crippen MR) is 84.5 cm³/mol. The number of aryl methyl sites for hydroxylation is 2. The molecule has 21 heavy (non-hydrogen) atoms. The molecular formula is C17H27NO3. The van der Waals surface area contributed by atoms with Crippen LogP contribution in [0.15, 0.2) is 18.2 Å². The molecule has 1 atom stereocenters. The summed E-state index contributed by atoms with van der Waals surface area (Å²) in [6, 6.07) is 5.78. The van der Waals surface area contributed by atoms with Gasteiger partial charge in [0, 0.05) is 6.54 Å². The van der Waals surface area contributed by atoms with Crippen LogP contribution in [0.4, 0.5) is 0 Å². The van der Waals surface area contributed by atoms with Gasteiger partial charge < -0.3 is 15.2 Å². The summed E-state index contributed by atoms with van der Waals surface area (Å²) < 4.78 is 5.49. The third-order valence-corrected chi connectivity index (χ3v) is 3.46. The predicted octanol–water partition coefficient (Wildman–Crippen LogP) is 2.60. The highest BCUT2D eigenvalue weighted by Crippen LogP contribution is 2.21. The lowest BCUT2D eigenvalue weighted by molar-refractivity contribution is -0.123. The van der Waals surface area contributed by atoms with E-state index >= 15 is 0 Å². The van der Waals surface area contributed by atoms with Crippen molar-refractivity contribution in [3.8, 4) is 5.75 Å². The van der Waals surface area contributed by atoms with Crippen LogP contribution in [0.5, 0.6) is 5.75 Å². The van der Waals surface area contributed by atoms with E-state index in [1.807, 2.05) is 45.9 Å². The molecule has 2 N–H and O–H groups in total. The van der Waals surface area contributed by atoms with Gasteiger partial charge in [-0.2, -0.15) is 0 Å². The molecule has 0 saturated heterocycles. The minimum Gasteiger partial charge on any atom is -0.484 e. The lowest BCUT2D eigenvalue weighted by atomic mass is 9.87. The van der Waals surface area contributed by atoms with Gasteiger partial charge in [-0.1, -0.05) is 19.9 Å². The first-order valence-corrected chi connectivity index (χ1v) is 7.34. The van der Waals surface area contributed by atoms with Crippen LogP contribution >= 0.6 is 0 Å². The van der Waals surface area contributed by atoms with Crippen molar-refractivity contribution < 1.29 is 14.6 Å². The number of aliphatic hydroxyl groups excluding tert-OH is 1. The van der Waals surface area contributed by atoms with Crippen LogP contribution in [0.1, 0.15) is 38.3 Å². The van der Waals surface area contributed by atoms with Gasteiger partial charge in [-0.3, -0.25) is 4.79 Å². The van der Waals surface area contributed by atoms with Gasteiger partial charge in [-0.25, -0.2) is 0 Å². The van der Waals surface area contributed by atoms with Crippen LogP contribution < -0.4 is 10.1 Å². The van der Waals surface area contributed by atoms with Gasteiger partial charge in [0.2, 0.25) is 0 Å². The lowest BCUT2D eigenvalue weighted by Gasteiger charge is -2.26. The summed E-state index contributed by atoms with van der Waals surface area (Å²) >= 11 is 0. The summed E-state index contributed by atoms with van der Waals surface area (Å²) in [4.78, 5) is 11.8. The molecule has 0 bridgehead atoms. The van der Waals surface area contributed by atoms with E-state index in [1.165, 1.54) is 5.56 Å². The maximum absolute atomic E-state index is 11.8. The Morgan fingerprint density at radius 3 is 2.57 bits per heavy atom. The van der Waals surface area contributed by atoms with E-state index in [0.717, 1.165) is 5.56 Å². The van der Waals surface area contributed by atoms with E-state index in [-0.39, 0.29) is 24.0 Å². The van der Waals surface area contributed by atoms with Gasteiger partial charge in [0.25, 0.3) is 5.91 Å². The van der Waals surface area contributed by atoms with E-state index in [1.54, 1.807) is 6.92 Å². The number of carbonyl (C=O) groups excluding carboxylic acids is 1. The zero-order valence-corrected chi connectivity index (χ0v) is 13.7. The zero-order chi connectivity index (χ0) is 16.0. The molecule has 1 rings (SSSR count). The fourth-order valence-corrected chi connectivity index (χ4v) is 2.21. The van der Waals surface area contributed by atoms with E-state index in [0.29, 0.717) is 18.7 Å². The molecule has 1 unspecified atom stereocenters. The minimum absolute atomic E-state index is 0.00720. The van der Waals surface area contributed by atoms with Crippen molar-refractivity contribution >= 4 is 5.91 Å². The first-order valence-electron chi connectivity index (χ1n) is 7.34. The highest BCUT2D eigenvalue weighted by Gasteiger charge is 2.21. The Morgan fingerprint density at radius 2 is 2.00 bits per heavy atom. The van der Waals surface area contributed by atoms with Crippen molar-refractivity contribution in [1.29, 1.82) is 0 Å². The van der Waals surface area contributed by atoms with Gasteiger partial charge in [0.05, 0.1) is 6.10 Å². The Labute approximate surface area is 127 Å². The lowest BCUT2D eigenvalue weighted by Crippen LogP contribution is -2.38. The Hall–Kier alpha value is -1.55. The van der Waals surface area contributed by atoms with Crippen molar-refractivity contribution in [1.82, 2.24) is 5.32 Å². The largest absolute Gasteiger partial charge is 0.484 e. The Balaban J connectivity index is 2.39. The summed E-state index contributed by atoms with van der Waals surface area (Å²) in [6.45, 7) is 10.4. The highest BCUT2D eigenvalue weighted by atomic mass is 16.5. The molecule has 0 heterocycles. The normalized spacial score (nSPS) is 12.9. The van der Waals surface area contributed by atoms with Gasteiger partial charge in [-0.05, 0) is 55.9 Å². The number of amides is 1. The standard InChI is InChI=1S/C17H27NO3/c1-12-6-7-15(8-13(12)2)21-10-16(20)18-11-17(4,5)9-14(3)19/h6-8,14,19H,9-11H2,1-5H3,(H,18,20). The molecule has 1 aromatic carbocycles. The smallest absolute Gasteiger partial charge is 0.257 e. The van der Waals surface area contributed by atoms with Crippen molar-refractivity contribution in [2.75, 3.05) is 13.2 Å². The van der Waals surface area contributed by atoms with Crippen LogP contribution in [-0.4, -0.2) is 30.3 Å². The third-order valence-electron chi connectivity index (χ3n) is 3.46. The molecule has 0 aliphatic carbocycles. The molecule has 0 aliphatic rings. The van der Waals surface area contributed by atoms with E-state index in [9.17, 15) is 9.90 Å². The number of carbonyl (C=O) groups is 1. The second-order valence-electron chi connectivity index (χ2n) is 6.53. The Kier molecular flexibility index (Phi) is 6.21. The number of benzene rings is 1. The quantitative estimate of drug-likeness (QED) is 0.812. The molecule has 0 aromatic heterocycles. The molecular weight excluding hydrogens is 266 g/mol. The molecule has 4 nitrogen and oxygen atoms in total. The second kappa shape index (κ2) is 7.46. The van der Waals surface area contributed by atoms with Crippen LogP contribution in [0.25, 0.3) is 0 Å². The van der Waals surface area contributed by atoms with Gasteiger partial charge in [0.15, 0.2) is 6.61 Å². The molecule has 1 amide bonds. The molecule has 0 radical (unpaired) electrons. The zero-order valence-electron chi connectivity index (χ0n) is 13.7. The maximum atomic E-state index is 11.8. The molecule has 0 spiro atoms. The fraction of sp³-hybridized carbons (Fsp3) is 0.588. The number of hydrogen-bond acceptors (Lipinski definition) is 3. The van der Waals surface area contributed by atoms with E-state index < -0.39 is 0 Å². The molecule has 4 heteroatoms. The summed E-state index contributed by atoms with van der Waals surface area (Å²) in [6.07, 6.45) is 0.273. The van der Waals surface area contributed by atoms with Crippen LogP contribution in [0.2, 0.25) is 0 Å². The van der Waals surface area contributed by atoms with Gasteiger partial charge in [-0.15, -0.1) is 0 Å². The molecule has 118 valence electrons. The number of aliphatic hydroxyl groups is 1. The summed E-state index contributed by atoms with van der Waals surface area (Å²) in [5, 5.41) is 12.3. The van der Waals surface area contributed by atoms with Crippen molar-refractivity contribution in [2.45, 2.75) is 47.1 Å². The monoisotopic (exact) mass is 293 g/mol. The summed E-state index contributed by atoms with van der Waals surface area (Å²) in [5.41, 5.74) is 2.21. The molecule has 0 fully saturated rings. The van der Waals surface area contributed by atoms with Crippen LogP contribution in [0, 0.1) is 19.3 Å². The molecule has 0 saturated carbocycles. The number of rotatable bonds is 7. The van der Waals surface area contributed by atoms with Crippen LogP contribution in [-0.2, 0) is 4.79 Å². The van der Waals surface area contributed by atoms with E-state index in [4.69, 9.17) is 4.74 Å². The van der Waals surface area contributed by atoms with Gasteiger partial charge in [0.1, 0.15) is 5.75 Å². The number of ether oxygens (including phenoxy) is 1. The van der Waals surface area contributed by atoms with Crippen LogP contribution in [0.3, 0.4) is 0 Å². The fourth-order valence-electron chi connectivity index (χ4n) is 2.21. The average molecular weight is 293 g/mol. The minimum atomic E-state index is -0.372. The molecule has 0 aliphatic heterocycles. The second-order valence-corrected chi connectivity index (χ2v) is 6.53. The van der Waals surface area contributed by atoms with E-state index in [2.05, 4.69) is 5.32 Å². The SMILES string of the molecule is Cc1ccc(OCC(=O)NCC(C)(C)CC(C)O)cc1C. The van der Waals surface area contributed by atoms with Crippen molar-refractivity contribution in [2.24, 2.45) is 5.41 Å². The first kappa shape index (κ1) is 17.5. The average Bonchev–Trinajstić information content (AvgIpc) is 2.36.